The SMILES string of the molecule is CN(C)C1CCCN(C(=O)NC2CC2)C1. The van der Waals surface area contributed by atoms with Gasteiger partial charge in [-0.3, -0.25) is 0 Å². The fraction of sp³-hybridized carbons (Fsp3) is 0.909. The molecule has 2 rings (SSSR count). The number of urea groups is 1. The Morgan fingerprint density at radius 2 is 2.07 bits per heavy atom. The summed E-state index contributed by atoms with van der Waals surface area (Å²) >= 11 is 0. The van der Waals surface area contributed by atoms with Crippen LogP contribution in [-0.4, -0.2) is 55.1 Å². The van der Waals surface area contributed by atoms with Crippen molar-refractivity contribution >= 4 is 6.03 Å². The standard InChI is InChI=1S/C11H21N3O/c1-13(2)10-4-3-7-14(8-10)11(15)12-9-5-6-9/h9-10H,3-8H2,1-2H3,(H,12,15). The summed E-state index contributed by atoms with van der Waals surface area (Å²) in [5, 5.41) is 3.05. The minimum absolute atomic E-state index is 0.143. The smallest absolute Gasteiger partial charge is 0.317 e. The largest absolute Gasteiger partial charge is 0.335 e. The molecule has 86 valence electrons. The third-order valence-electron chi connectivity index (χ3n) is 3.32. The highest BCUT2D eigenvalue weighted by Gasteiger charge is 2.29. The molecule has 4 nitrogen and oxygen atoms in total. The minimum atomic E-state index is 0.143. The third kappa shape index (κ3) is 2.84. The lowest BCUT2D eigenvalue weighted by Gasteiger charge is -2.36. The first-order valence-electron chi connectivity index (χ1n) is 5.88. The summed E-state index contributed by atoms with van der Waals surface area (Å²) in [4.78, 5) is 16.0. The average molecular weight is 211 g/mol. The highest BCUT2D eigenvalue weighted by molar-refractivity contribution is 5.75. The number of nitrogens with one attached hydrogen (secondary N) is 1. The first-order valence-corrected chi connectivity index (χ1v) is 5.88. The zero-order valence-corrected chi connectivity index (χ0v) is 9.70. The molecule has 1 saturated carbocycles. The van der Waals surface area contributed by atoms with Gasteiger partial charge in [0, 0.05) is 25.2 Å². The number of rotatable bonds is 2. The molecule has 1 N–H and O–H groups in total. The van der Waals surface area contributed by atoms with E-state index in [1.807, 2.05) is 4.90 Å². The lowest BCUT2D eigenvalue weighted by molar-refractivity contribution is 0.140. The first kappa shape index (κ1) is 10.7. The van der Waals surface area contributed by atoms with E-state index in [0.717, 1.165) is 32.4 Å². The van der Waals surface area contributed by atoms with Crippen molar-refractivity contribution in [1.82, 2.24) is 15.1 Å². The summed E-state index contributed by atoms with van der Waals surface area (Å²) in [5.74, 6) is 0. The van der Waals surface area contributed by atoms with Crippen LogP contribution in [0.15, 0.2) is 0 Å². The second-order valence-electron chi connectivity index (χ2n) is 4.93. The van der Waals surface area contributed by atoms with Crippen LogP contribution >= 0.6 is 0 Å². The van der Waals surface area contributed by atoms with Crippen molar-refractivity contribution in [2.75, 3.05) is 27.2 Å². The fourth-order valence-corrected chi connectivity index (χ4v) is 2.05. The summed E-state index contributed by atoms with van der Waals surface area (Å²) in [5.41, 5.74) is 0. The van der Waals surface area contributed by atoms with Gasteiger partial charge in [0.1, 0.15) is 0 Å². The van der Waals surface area contributed by atoms with Gasteiger partial charge in [-0.2, -0.15) is 0 Å². The minimum Gasteiger partial charge on any atom is -0.335 e. The summed E-state index contributed by atoms with van der Waals surface area (Å²) in [6.45, 7) is 1.80. The summed E-state index contributed by atoms with van der Waals surface area (Å²) in [6.07, 6.45) is 4.66. The van der Waals surface area contributed by atoms with Crippen LogP contribution in [0.1, 0.15) is 25.7 Å². The molecule has 2 fully saturated rings. The maximum absolute atomic E-state index is 11.8. The Morgan fingerprint density at radius 3 is 2.67 bits per heavy atom. The van der Waals surface area contributed by atoms with Gasteiger partial charge in [0.25, 0.3) is 0 Å². The van der Waals surface area contributed by atoms with Gasteiger partial charge in [-0.1, -0.05) is 0 Å². The number of likely N-dealkylation sites (N-methyl/N-ethyl adjacent to an activating group) is 1. The molecule has 0 bridgehead atoms. The average Bonchev–Trinajstić information content (AvgIpc) is 3.02. The highest BCUT2D eigenvalue weighted by Crippen LogP contribution is 2.20. The molecule has 0 spiro atoms. The maximum Gasteiger partial charge on any atom is 0.317 e. The maximum atomic E-state index is 11.8. The zero-order valence-electron chi connectivity index (χ0n) is 9.70. The number of carbonyl (C=O) groups is 1. The molecule has 1 heterocycles. The van der Waals surface area contributed by atoms with Crippen LogP contribution in [0.3, 0.4) is 0 Å². The van der Waals surface area contributed by atoms with Gasteiger partial charge in [0.05, 0.1) is 0 Å². The molecule has 0 aromatic rings. The van der Waals surface area contributed by atoms with Gasteiger partial charge >= 0.3 is 6.03 Å². The van der Waals surface area contributed by atoms with Crippen LogP contribution < -0.4 is 5.32 Å². The number of amides is 2. The highest BCUT2D eigenvalue weighted by atomic mass is 16.2. The van der Waals surface area contributed by atoms with Crippen molar-refractivity contribution in [1.29, 1.82) is 0 Å². The van der Waals surface area contributed by atoms with Gasteiger partial charge < -0.3 is 15.1 Å². The molecule has 1 saturated heterocycles. The molecule has 1 unspecified atom stereocenters. The third-order valence-corrected chi connectivity index (χ3v) is 3.32. The summed E-state index contributed by atoms with van der Waals surface area (Å²) < 4.78 is 0. The van der Waals surface area contributed by atoms with Gasteiger partial charge in [-0.15, -0.1) is 0 Å². The van der Waals surface area contributed by atoms with Crippen LogP contribution in [-0.2, 0) is 0 Å². The van der Waals surface area contributed by atoms with Crippen LogP contribution in [0.5, 0.6) is 0 Å². The Labute approximate surface area is 91.6 Å². The van der Waals surface area contributed by atoms with E-state index in [-0.39, 0.29) is 6.03 Å². The van der Waals surface area contributed by atoms with Gasteiger partial charge in [-0.25, -0.2) is 4.79 Å². The molecule has 0 aromatic carbocycles. The number of hydrogen-bond acceptors (Lipinski definition) is 2. The lowest BCUT2D eigenvalue weighted by Crippen LogP contribution is -2.51. The molecule has 1 aliphatic carbocycles. The molecule has 1 atom stereocenters. The number of carbonyl (C=O) groups excluding carboxylic acids is 1. The van der Waals surface area contributed by atoms with Crippen molar-refractivity contribution in [3.05, 3.63) is 0 Å². The van der Waals surface area contributed by atoms with Gasteiger partial charge in [0.2, 0.25) is 0 Å². The van der Waals surface area contributed by atoms with Crippen molar-refractivity contribution < 1.29 is 4.79 Å². The summed E-state index contributed by atoms with van der Waals surface area (Å²) in [6, 6.07) is 1.14. The molecular weight excluding hydrogens is 190 g/mol. The van der Waals surface area contributed by atoms with E-state index in [9.17, 15) is 4.79 Å². The summed E-state index contributed by atoms with van der Waals surface area (Å²) in [7, 11) is 4.18. The Hall–Kier alpha value is -0.770. The zero-order chi connectivity index (χ0) is 10.8. The van der Waals surface area contributed by atoms with Gasteiger partial charge in [0.15, 0.2) is 0 Å². The van der Waals surface area contributed by atoms with E-state index >= 15 is 0 Å². The van der Waals surface area contributed by atoms with Crippen LogP contribution in [0.2, 0.25) is 0 Å². The van der Waals surface area contributed by atoms with Crippen molar-refractivity contribution in [2.24, 2.45) is 0 Å². The molecule has 15 heavy (non-hydrogen) atoms. The molecule has 0 aromatic heterocycles. The van der Waals surface area contributed by atoms with E-state index in [4.69, 9.17) is 0 Å². The van der Waals surface area contributed by atoms with E-state index in [0.29, 0.717) is 12.1 Å². The number of nitrogens with zero attached hydrogens (tertiary/aromatic N) is 2. The molecule has 2 aliphatic rings. The Balaban J connectivity index is 1.82. The normalized spacial score (nSPS) is 26.9. The second-order valence-corrected chi connectivity index (χ2v) is 4.93. The van der Waals surface area contributed by atoms with E-state index in [1.165, 1.54) is 6.42 Å². The Kier molecular flexibility index (Phi) is 3.14. The molecule has 2 amide bonds. The predicted octanol–water partition coefficient (Wildman–Crippen LogP) is 0.884. The number of likely N-dealkylation sites (tertiary alicyclic amines) is 1. The Bertz CT molecular complexity index is 238. The second kappa shape index (κ2) is 4.39. The topological polar surface area (TPSA) is 35.6 Å². The molecule has 1 aliphatic heterocycles. The molecular formula is C11H21N3O. The first-order chi connectivity index (χ1) is 7.16. The predicted molar refractivity (Wildman–Crippen MR) is 59.8 cm³/mol. The lowest BCUT2D eigenvalue weighted by atomic mass is 10.1. The van der Waals surface area contributed by atoms with E-state index in [1.54, 1.807) is 0 Å². The van der Waals surface area contributed by atoms with Gasteiger partial charge in [-0.05, 0) is 39.8 Å². The van der Waals surface area contributed by atoms with E-state index < -0.39 is 0 Å². The number of piperidine rings is 1. The monoisotopic (exact) mass is 211 g/mol. The fourth-order valence-electron chi connectivity index (χ4n) is 2.05. The molecule has 4 heteroatoms. The number of hydrogen-bond donors (Lipinski definition) is 1. The van der Waals surface area contributed by atoms with Crippen LogP contribution in [0.4, 0.5) is 4.79 Å². The quantitative estimate of drug-likeness (QED) is 0.736. The van der Waals surface area contributed by atoms with Crippen molar-refractivity contribution in [3.63, 3.8) is 0 Å². The van der Waals surface area contributed by atoms with Crippen LogP contribution in [0.25, 0.3) is 0 Å². The van der Waals surface area contributed by atoms with Crippen molar-refractivity contribution in [3.8, 4) is 0 Å². The van der Waals surface area contributed by atoms with Crippen LogP contribution in [0, 0.1) is 0 Å². The molecule has 0 radical (unpaired) electrons. The van der Waals surface area contributed by atoms with Crippen molar-refractivity contribution in [2.45, 2.75) is 37.8 Å². The van der Waals surface area contributed by atoms with E-state index in [2.05, 4.69) is 24.3 Å². The Morgan fingerprint density at radius 1 is 1.33 bits per heavy atom.